The summed E-state index contributed by atoms with van der Waals surface area (Å²) in [7, 11) is -1.54. The van der Waals surface area contributed by atoms with Gasteiger partial charge in [0.2, 0.25) is 5.91 Å². The summed E-state index contributed by atoms with van der Waals surface area (Å²) in [5.41, 5.74) is 0.509. The van der Waals surface area contributed by atoms with Crippen LogP contribution in [0, 0.1) is 0 Å². The summed E-state index contributed by atoms with van der Waals surface area (Å²) in [6, 6.07) is 7.70. The molecule has 11 heteroatoms. The van der Waals surface area contributed by atoms with Crippen molar-refractivity contribution in [2.75, 3.05) is 26.1 Å². The van der Waals surface area contributed by atoms with Gasteiger partial charge in [-0.3, -0.25) is 9.59 Å². The molecule has 0 saturated carbocycles. The lowest BCUT2D eigenvalue weighted by Crippen LogP contribution is -2.38. The number of carbonyl (C=O) groups excluding carboxylic acids is 3. The smallest absolute Gasteiger partial charge is 0.350 e. The maximum Gasteiger partial charge on any atom is 0.350 e. The van der Waals surface area contributed by atoms with Crippen LogP contribution in [0.2, 0.25) is 0 Å². The Balaban J connectivity index is 1.83. The van der Waals surface area contributed by atoms with E-state index in [4.69, 9.17) is 4.74 Å². The van der Waals surface area contributed by atoms with Gasteiger partial charge in [-0.15, -0.1) is 11.3 Å². The average molecular weight is 450 g/mol. The van der Waals surface area contributed by atoms with Crippen LogP contribution in [0.4, 0.5) is 5.69 Å². The predicted octanol–water partition coefficient (Wildman–Crippen LogP) is 2.08. The molecule has 1 aliphatic heterocycles. The van der Waals surface area contributed by atoms with Gasteiger partial charge in [0.05, 0.1) is 19.9 Å². The normalized spacial score (nSPS) is 15.3. The number of hydrogen-bond acceptors (Lipinski definition) is 8. The van der Waals surface area contributed by atoms with E-state index in [9.17, 15) is 22.8 Å². The summed E-state index contributed by atoms with van der Waals surface area (Å²) in [6.45, 7) is 0.667. The van der Waals surface area contributed by atoms with E-state index < -0.39 is 34.4 Å². The van der Waals surface area contributed by atoms with Crippen LogP contribution in [0.15, 0.2) is 41.3 Å². The third kappa shape index (κ3) is 3.81. The summed E-state index contributed by atoms with van der Waals surface area (Å²) in [5.74, 6) is -1.65. The molecule has 0 atom stereocenters. The summed E-state index contributed by atoms with van der Waals surface area (Å²) >= 11 is 1.06. The lowest BCUT2D eigenvalue weighted by atomic mass is 10.1. The lowest BCUT2D eigenvalue weighted by molar-refractivity contribution is -0.126. The van der Waals surface area contributed by atoms with Crippen molar-refractivity contribution < 1.29 is 32.3 Å². The molecule has 1 aliphatic rings. The van der Waals surface area contributed by atoms with Gasteiger partial charge in [0.1, 0.15) is 22.1 Å². The molecule has 3 rings (SSSR count). The van der Waals surface area contributed by atoms with Crippen LogP contribution in [-0.4, -0.2) is 51.3 Å². The van der Waals surface area contributed by atoms with E-state index in [1.54, 1.807) is 17.5 Å². The Labute approximate surface area is 177 Å². The minimum absolute atomic E-state index is 0.0127. The summed E-state index contributed by atoms with van der Waals surface area (Å²) in [5, 5.41) is 4.03. The summed E-state index contributed by atoms with van der Waals surface area (Å²) in [6.07, 6.45) is 0. The van der Waals surface area contributed by atoms with Crippen LogP contribution in [0.1, 0.15) is 22.2 Å². The number of carbonyl (C=O) groups is 3. The monoisotopic (exact) mass is 450 g/mol. The molecule has 2 amide bonds. The molecule has 0 bridgehead atoms. The Morgan fingerprint density at radius 2 is 1.80 bits per heavy atom. The number of hydrogen-bond donors (Lipinski definition) is 1. The van der Waals surface area contributed by atoms with Crippen molar-refractivity contribution in [3.05, 3.63) is 51.7 Å². The topological polar surface area (TPSA) is 119 Å². The minimum Gasteiger partial charge on any atom is -0.497 e. The van der Waals surface area contributed by atoms with Gasteiger partial charge in [0.25, 0.3) is 15.9 Å². The number of nitrogens with one attached hydrogen (secondary N) is 1. The highest BCUT2D eigenvalue weighted by molar-refractivity contribution is 7.99. The zero-order valence-electron chi connectivity index (χ0n) is 16.3. The third-order valence-corrected chi connectivity index (χ3v) is 7.21. The quantitative estimate of drug-likeness (QED) is 0.669. The Morgan fingerprint density at radius 1 is 1.13 bits per heavy atom. The number of rotatable bonds is 6. The molecule has 2 heterocycles. The summed E-state index contributed by atoms with van der Waals surface area (Å²) < 4.78 is 36.2. The van der Waals surface area contributed by atoms with E-state index >= 15 is 0 Å². The van der Waals surface area contributed by atoms with Crippen molar-refractivity contribution in [3.63, 3.8) is 0 Å². The second-order valence-electron chi connectivity index (χ2n) is 6.20. The van der Waals surface area contributed by atoms with E-state index in [-0.39, 0.29) is 21.0 Å². The number of anilines is 1. The maximum absolute atomic E-state index is 13.0. The fourth-order valence-electron chi connectivity index (χ4n) is 2.94. The fourth-order valence-corrected chi connectivity index (χ4v) is 5.48. The van der Waals surface area contributed by atoms with Crippen LogP contribution >= 0.6 is 11.3 Å². The van der Waals surface area contributed by atoms with Crippen LogP contribution < -0.4 is 10.1 Å². The molecule has 30 heavy (non-hydrogen) atoms. The van der Waals surface area contributed by atoms with E-state index in [1.165, 1.54) is 39.3 Å². The number of methoxy groups -OCH3 is 2. The van der Waals surface area contributed by atoms with Crippen LogP contribution in [0.5, 0.6) is 5.75 Å². The number of esters is 1. The van der Waals surface area contributed by atoms with Crippen molar-refractivity contribution >= 4 is 49.7 Å². The molecule has 2 aromatic rings. The van der Waals surface area contributed by atoms with Crippen LogP contribution in [-0.2, 0) is 24.3 Å². The van der Waals surface area contributed by atoms with Crippen molar-refractivity contribution in [1.82, 2.24) is 4.31 Å². The molecule has 0 fully saturated rings. The van der Waals surface area contributed by atoms with Gasteiger partial charge >= 0.3 is 5.97 Å². The van der Waals surface area contributed by atoms with Gasteiger partial charge < -0.3 is 14.8 Å². The maximum atomic E-state index is 13.0. The van der Waals surface area contributed by atoms with Gasteiger partial charge in [-0.25, -0.2) is 17.5 Å². The number of thiophene rings is 1. The van der Waals surface area contributed by atoms with Crippen LogP contribution in [0.25, 0.3) is 4.91 Å². The molecule has 158 valence electrons. The van der Waals surface area contributed by atoms with Gasteiger partial charge in [0, 0.05) is 5.57 Å². The molecule has 0 unspecified atom stereocenters. The van der Waals surface area contributed by atoms with Gasteiger partial charge in [0.15, 0.2) is 0 Å². The molecule has 0 aliphatic carbocycles. The first kappa shape index (κ1) is 21.5. The molecular formula is C19H18N2O7S2. The number of amides is 2. The van der Waals surface area contributed by atoms with Crippen molar-refractivity contribution in [1.29, 1.82) is 0 Å². The van der Waals surface area contributed by atoms with Crippen molar-refractivity contribution in [3.8, 4) is 5.75 Å². The van der Waals surface area contributed by atoms with Crippen molar-refractivity contribution in [2.45, 2.75) is 6.92 Å². The zero-order chi connectivity index (χ0) is 22.1. The SMILES string of the molecule is COC(=O)c1sccc1NC(=O)CN1C(=O)C(C)=C(c2ccc(OC)cc2)S1(=O)=O. The largest absolute Gasteiger partial charge is 0.497 e. The molecule has 0 saturated heterocycles. The first-order valence-corrected chi connectivity index (χ1v) is 10.9. The molecule has 1 N–H and O–H groups in total. The number of benzene rings is 1. The Kier molecular flexibility index (Phi) is 5.94. The number of nitrogens with zero attached hydrogens (tertiary/aromatic N) is 1. The van der Waals surface area contributed by atoms with Crippen molar-refractivity contribution in [2.24, 2.45) is 0 Å². The van der Waals surface area contributed by atoms with Gasteiger partial charge in [-0.05, 0) is 48.2 Å². The number of ether oxygens (including phenoxy) is 2. The predicted molar refractivity (Wildman–Crippen MR) is 111 cm³/mol. The minimum atomic E-state index is -4.23. The highest BCUT2D eigenvalue weighted by atomic mass is 32.2. The second kappa shape index (κ2) is 8.28. The molecule has 9 nitrogen and oxygen atoms in total. The first-order valence-electron chi connectivity index (χ1n) is 8.58. The Morgan fingerprint density at radius 3 is 2.40 bits per heavy atom. The Bertz CT molecular complexity index is 1150. The fraction of sp³-hybridized carbons (Fsp3) is 0.211. The Hall–Kier alpha value is -3.18. The number of sulfonamides is 1. The van der Waals surface area contributed by atoms with E-state index in [0.29, 0.717) is 15.6 Å². The van der Waals surface area contributed by atoms with E-state index in [0.717, 1.165) is 11.3 Å². The van der Waals surface area contributed by atoms with Gasteiger partial charge in [-0.2, -0.15) is 0 Å². The molecule has 0 radical (unpaired) electrons. The highest BCUT2D eigenvalue weighted by Gasteiger charge is 2.43. The average Bonchev–Trinajstić information content (AvgIpc) is 3.24. The molecule has 0 spiro atoms. The highest BCUT2D eigenvalue weighted by Crippen LogP contribution is 2.36. The van der Waals surface area contributed by atoms with E-state index in [1.807, 2.05) is 0 Å². The third-order valence-electron chi connectivity index (χ3n) is 4.39. The molecule has 1 aromatic carbocycles. The zero-order valence-corrected chi connectivity index (χ0v) is 17.9. The van der Waals surface area contributed by atoms with E-state index in [2.05, 4.69) is 10.1 Å². The van der Waals surface area contributed by atoms with Gasteiger partial charge in [-0.1, -0.05) is 0 Å². The van der Waals surface area contributed by atoms with Crippen LogP contribution in [0.3, 0.4) is 0 Å². The standard InChI is InChI=1S/C19H18N2O7S2/c1-11-17(12-4-6-13(27-2)7-5-12)30(25,26)21(18(11)23)10-15(22)20-14-8-9-29-16(14)19(24)28-3/h4-9H,10H2,1-3H3,(H,20,22). The second-order valence-corrected chi connectivity index (χ2v) is 8.92. The molecular weight excluding hydrogens is 432 g/mol. The first-order chi connectivity index (χ1) is 14.2. The summed E-state index contributed by atoms with van der Waals surface area (Å²) in [4.78, 5) is 36.8. The molecule has 1 aromatic heterocycles. The lowest BCUT2D eigenvalue weighted by Gasteiger charge is -2.16.